The molecule has 0 spiro atoms. The molecule has 1 aromatic heterocycles. The van der Waals surface area contributed by atoms with Crippen LogP contribution in [-0.2, 0) is 11.2 Å². The van der Waals surface area contributed by atoms with Gasteiger partial charge in [0, 0.05) is 38.4 Å². The maximum Gasteiger partial charge on any atom is 0.263 e. The number of nitrogens with zero attached hydrogens (tertiary/aromatic N) is 2. The molecule has 1 aliphatic rings. The molecule has 0 radical (unpaired) electrons. The number of amides is 2. The second-order valence-electron chi connectivity index (χ2n) is 8.50. The maximum absolute atomic E-state index is 13.4. The third kappa shape index (κ3) is 6.67. The van der Waals surface area contributed by atoms with E-state index in [9.17, 15) is 18.8 Å². The highest BCUT2D eigenvalue weighted by molar-refractivity contribution is 7.98. The highest BCUT2D eigenvalue weighted by atomic mass is 32.2. The summed E-state index contributed by atoms with van der Waals surface area (Å²) in [6.07, 6.45) is 4.73. The van der Waals surface area contributed by atoms with Gasteiger partial charge in [-0.25, -0.2) is 4.39 Å². The first-order valence-corrected chi connectivity index (χ1v) is 13.4. The number of hydrogen-bond acceptors (Lipinski definition) is 5. The van der Waals surface area contributed by atoms with Crippen molar-refractivity contribution in [2.45, 2.75) is 38.6 Å². The Balaban J connectivity index is 1.69. The summed E-state index contributed by atoms with van der Waals surface area (Å²) in [5.74, 6) is 0.806. The fourth-order valence-corrected chi connectivity index (χ4v) is 5.57. The molecule has 3 rings (SSSR count). The fraction of sp³-hybridized carbons (Fsp3) is 0.480. The predicted octanol–water partition coefficient (Wildman–Crippen LogP) is 4.76. The summed E-state index contributed by atoms with van der Waals surface area (Å²) in [7, 11) is 1.86. The Morgan fingerprint density at radius 1 is 1.12 bits per heavy atom. The molecular weight excluding hydrogens is 459 g/mol. The number of ketones is 1. The zero-order valence-electron chi connectivity index (χ0n) is 19.4. The molecule has 178 valence electrons. The summed E-state index contributed by atoms with van der Waals surface area (Å²) in [6.45, 7) is 2.73. The van der Waals surface area contributed by atoms with Crippen molar-refractivity contribution in [1.82, 2.24) is 9.80 Å². The molecule has 5 nitrogen and oxygen atoms in total. The van der Waals surface area contributed by atoms with E-state index in [0.29, 0.717) is 35.7 Å². The number of carbonyl (C=O) groups is 3. The molecule has 1 unspecified atom stereocenters. The second-order valence-corrected chi connectivity index (χ2v) is 10.6. The molecule has 0 aliphatic carbocycles. The molecule has 1 fully saturated rings. The SMILES string of the molecule is CSCCC(=O)N(C)C(Cc1ccc(F)cc1)C1CCN(C(=O)c2ccc(C(C)=O)s2)CC1. The van der Waals surface area contributed by atoms with Gasteiger partial charge in [-0.15, -0.1) is 11.3 Å². The van der Waals surface area contributed by atoms with Gasteiger partial charge in [-0.05, 0) is 68.2 Å². The number of likely N-dealkylation sites (N-methyl/N-ethyl adjacent to an activating group) is 1. The molecule has 33 heavy (non-hydrogen) atoms. The van der Waals surface area contributed by atoms with E-state index >= 15 is 0 Å². The smallest absolute Gasteiger partial charge is 0.263 e. The lowest BCUT2D eigenvalue weighted by molar-refractivity contribution is -0.133. The van der Waals surface area contributed by atoms with E-state index in [2.05, 4.69) is 0 Å². The predicted molar refractivity (Wildman–Crippen MR) is 133 cm³/mol. The van der Waals surface area contributed by atoms with E-state index in [1.807, 2.05) is 23.1 Å². The van der Waals surface area contributed by atoms with Gasteiger partial charge in [0.1, 0.15) is 5.82 Å². The highest BCUT2D eigenvalue weighted by Crippen LogP contribution is 2.29. The summed E-state index contributed by atoms with van der Waals surface area (Å²) >= 11 is 2.89. The van der Waals surface area contributed by atoms with Crippen molar-refractivity contribution in [2.75, 3.05) is 32.1 Å². The highest BCUT2D eigenvalue weighted by Gasteiger charge is 2.33. The number of likely N-dealkylation sites (tertiary alicyclic amines) is 1. The van der Waals surface area contributed by atoms with Crippen LogP contribution in [0.4, 0.5) is 4.39 Å². The molecule has 1 atom stereocenters. The molecule has 8 heteroatoms. The fourth-order valence-electron chi connectivity index (χ4n) is 4.32. The largest absolute Gasteiger partial charge is 0.342 e. The molecule has 0 bridgehead atoms. The third-order valence-electron chi connectivity index (χ3n) is 6.30. The molecular formula is C25H31FN2O3S2. The van der Waals surface area contributed by atoms with Gasteiger partial charge in [0.25, 0.3) is 5.91 Å². The van der Waals surface area contributed by atoms with E-state index in [0.717, 1.165) is 24.2 Å². The molecule has 1 saturated heterocycles. The van der Waals surface area contributed by atoms with Gasteiger partial charge >= 0.3 is 0 Å². The van der Waals surface area contributed by atoms with Crippen LogP contribution >= 0.6 is 23.1 Å². The number of thiophene rings is 1. The Labute approximate surface area is 203 Å². The van der Waals surface area contributed by atoms with Gasteiger partial charge < -0.3 is 9.80 Å². The summed E-state index contributed by atoms with van der Waals surface area (Å²) in [5.41, 5.74) is 1.000. The number of Topliss-reactive ketones (excluding diaryl/α,β-unsaturated/α-hetero) is 1. The number of rotatable bonds is 9. The number of thioether (sulfide) groups is 1. The molecule has 2 heterocycles. The first kappa shape index (κ1) is 25.4. The summed E-state index contributed by atoms with van der Waals surface area (Å²) in [5, 5.41) is 0. The van der Waals surface area contributed by atoms with Crippen LogP contribution in [0.25, 0.3) is 0 Å². The standard InChI is InChI=1S/C25H31FN2O3S2/c1-17(29)22-8-9-23(33-22)25(31)28-13-10-19(11-14-28)21(27(2)24(30)12-15-32-3)16-18-4-6-20(26)7-5-18/h4-9,19,21H,10-16H2,1-3H3. The van der Waals surface area contributed by atoms with Crippen molar-refractivity contribution >= 4 is 40.7 Å². The van der Waals surface area contributed by atoms with Crippen molar-refractivity contribution in [3.8, 4) is 0 Å². The molecule has 2 amide bonds. The first-order chi connectivity index (χ1) is 15.8. The number of carbonyl (C=O) groups excluding carboxylic acids is 3. The van der Waals surface area contributed by atoms with Gasteiger partial charge in [-0.2, -0.15) is 11.8 Å². The zero-order chi connectivity index (χ0) is 24.0. The van der Waals surface area contributed by atoms with Crippen LogP contribution in [0.3, 0.4) is 0 Å². The molecule has 1 aliphatic heterocycles. The Morgan fingerprint density at radius 2 is 1.76 bits per heavy atom. The van der Waals surface area contributed by atoms with Crippen molar-refractivity contribution < 1.29 is 18.8 Å². The van der Waals surface area contributed by atoms with Crippen molar-refractivity contribution in [3.63, 3.8) is 0 Å². The minimum atomic E-state index is -0.270. The van der Waals surface area contributed by atoms with E-state index in [4.69, 9.17) is 0 Å². The minimum Gasteiger partial charge on any atom is -0.342 e. The van der Waals surface area contributed by atoms with Gasteiger partial charge in [-0.3, -0.25) is 14.4 Å². The number of halogens is 1. The van der Waals surface area contributed by atoms with Gasteiger partial charge in [0.2, 0.25) is 5.91 Å². The van der Waals surface area contributed by atoms with Crippen LogP contribution < -0.4 is 0 Å². The Morgan fingerprint density at radius 3 is 2.33 bits per heavy atom. The van der Waals surface area contributed by atoms with Crippen LogP contribution in [0.15, 0.2) is 36.4 Å². The topological polar surface area (TPSA) is 57.7 Å². The van der Waals surface area contributed by atoms with E-state index in [-0.39, 0.29) is 35.4 Å². The summed E-state index contributed by atoms with van der Waals surface area (Å²) in [4.78, 5) is 42.2. The lowest BCUT2D eigenvalue weighted by Crippen LogP contribution is -2.48. The number of benzene rings is 1. The zero-order valence-corrected chi connectivity index (χ0v) is 21.0. The first-order valence-electron chi connectivity index (χ1n) is 11.2. The van der Waals surface area contributed by atoms with Crippen LogP contribution in [0.2, 0.25) is 0 Å². The summed E-state index contributed by atoms with van der Waals surface area (Å²) < 4.78 is 13.4. The lowest BCUT2D eigenvalue weighted by atomic mass is 9.84. The van der Waals surface area contributed by atoms with Crippen molar-refractivity contribution in [2.24, 2.45) is 5.92 Å². The minimum absolute atomic E-state index is 0.00637. The van der Waals surface area contributed by atoms with E-state index < -0.39 is 0 Å². The normalized spacial score (nSPS) is 15.3. The van der Waals surface area contributed by atoms with Crippen LogP contribution in [0.1, 0.15) is 51.1 Å². The van der Waals surface area contributed by atoms with Crippen LogP contribution in [0, 0.1) is 11.7 Å². The average molecular weight is 491 g/mol. The van der Waals surface area contributed by atoms with Gasteiger partial charge in [0.15, 0.2) is 5.78 Å². The molecule has 2 aromatic rings. The van der Waals surface area contributed by atoms with Crippen molar-refractivity contribution in [3.05, 3.63) is 57.5 Å². The second kappa shape index (κ2) is 11.8. The van der Waals surface area contributed by atoms with Crippen molar-refractivity contribution in [1.29, 1.82) is 0 Å². The van der Waals surface area contributed by atoms with Gasteiger partial charge in [-0.1, -0.05) is 12.1 Å². The quantitative estimate of drug-likeness (QED) is 0.476. The van der Waals surface area contributed by atoms with Crippen LogP contribution in [0.5, 0.6) is 0 Å². The molecule has 0 N–H and O–H groups in total. The third-order valence-corrected chi connectivity index (χ3v) is 8.09. The lowest BCUT2D eigenvalue weighted by Gasteiger charge is -2.40. The Kier molecular flexibility index (Phi) is 9.09. The van der Waals surface area contributed by atoms with Crippen LogP contribution in [-0.4, -0.2) is 65.6 Å². The average Bonchev–Trinajstić information content (AvgIpc) is 3.32. The van der Waals surface area contributed by atoms with Gasteiger partial charge in [0.05, 0.1) is 9.75 Å². The Hall–Kier alpha value is -2.19. The Bertz CT molecular complexity index is 968. The van der Waals surface area contributed by atoms with E-state index in [1.54, 1.807) is 36.0 Å². The summed E-state index contributed by atoms with van der Waals surface area (Å²) in [6, 6.07) is 9.91. The van der Waals surface area contributed by atoms with E-state index in [1.165, 1.54) is 30.4 Å². The number of hydrogen-bond donors (Lipinski definition) is 0. The monoisotopic (exact) mass is 490 g/mol. The maximum atomic E-state index is 13.4. The molecule has 1 aromatic carbocycles. The molecule has 0 saturated carbocycles. The number of piperidine rings is 1.